The Kier molecular flexibility index (Phi) is 4.55. The Bertz CT molecular complexity index is 777. The number of fused-ring (bicyclic) bond motifs is 1. The third-order valence-corrected chi connectivity index (χ3v) is 5.02. The number of hydrogen-bond donors (Lipinski definition) is 1. The third kappa shape index (κ3) is 3.46. The van der Waals surface area contributed by atoms with Gasteiger partial charge in [-0.25, -0.2) is 4.39 Å². The van der Waals surface area contributed by atoms with Crippen LogP contribution >= 0.6 is 0 Å². The smallest absolute Gasteiger partial charge is 0.127 e. The summed E-state index contributed by atoms with van der Waals surface area (Å²) in [6.45, 7) is 3.14. The minimum atomic E-state index is -0.226. The maximum absolute atomic E-state index is 13.4. The van der Waals surface area contributed by atoms with E-state index in [0.717, 1.165) is 54.9 Å². The molecule has 1 N–H and O–H groups in total. The molecule has 0 saturated carbocycles. The fraction of sp³-hybridized carbons (Fsp3) is 0.333. The lowest BCUT2D eigenvalue weighted by molar-refractivity contribution is 0.0858. The van der Waals surface area contributed by atoms with Crippen LogP contribution in [0.3, 0.4) is 0 Å². The summed E-state index contributed by atoms with van der Waals surface area (Å²) in [6.07, 6.45) is 1.46. The van der Waals surface area contributed by atoms with Gasteiger partial charge in [0.15, 0.2) is 0 Å². The van der Waals surface area contributed by atoms with Gasteiger partial charge in [0, 0.05) is 25.2 Å². The number of hydrogen-bond acceptors (Lipinski definition) is 3. The van der Waals surface area contributed by atoms with E-state index in [1.165, 1.54) is 17.7 Å². The maximum atomic E-state index is 13.4. The molecule has 1 fully saturated rings. The first-order chi connectivity index (χ1) is 12.2. The average Bonchev–Trinajstić information content (AvgIpc) is 2.64. The lowest BCUT2D eigenvalue weighted by Crippen LogP contribution is -2.38. The number of rotatable bonds is 3. The van der Waals surface area contributed by atoms with Crippen molar-refractivity contribution in [1.29, 1.82) is 0 Å². The van der Waals surface area contributed by atoms with E-state index in [2.05, 4.69) is 11.0 Å². The molecule has 2 aliphatic rings. The maximum Gasteiger partial charge on any atom is 0.127 e. The Morgan fingerprint density at radius 2 is 1.76 bits per heavy atom. The molecule has 2 aromatic carbocycles. The molecule has 0 bridgehead atoms. The number of aliphatic hydroxyl groups excluding tert-OH is 1. The number of halogens is 1. The van der Waals surface area contributed by atoms with E-state index in [-0.39, 0.29) is 11.9 Å². The van der Waals surface area contributed by atoms with E-state index in [0.29, 0.717) is 6.61 Å². The highest BCUT2D eigenvalue weighted by molar-refractivity contribution is 5.86. The third-order valence-electron chi connectivity index (χ3n) is 5.02. The van der Waals surface area contributed by atoms with Crippen LogP contribution in [-0.4, -0.2) is 42.4 Å². The Morgan fingerprint density at radius 1 is 1.04 bits per heavy atom. The van der Waals surface area contributed by atoms with Crippen LogP contribution in [0.15, 0.2) is 54.1 Å². The van der Waals surface area contributed by atoms with Crippen molar-refractivity contribution in [2.75, 3.05) is 26.2 Å². The number of benzene rings is 2. The zero-order valence-electron chi connectivity index (χ0n) is 14.1. The summed E-state index contributed by atoms with van der Waals surface area (Å²) in [5, 5.41) is 9.72. The molecule has 0 radical (unpaired) electrons. The molecule has 3 nitrogen and oxygen atoms in total. The van der Waals surface area contributed by atoms with Crippen LogP contribution in [0.1, 0.15) is 24.0 Å². The fourth-order valence-corrected chi connectivity index (χ4v) is 3.67. The fourth-order valence-electron chi connectivity index (χ4n) is 3.67. The molecule has 130 valence electrons. The predicted octanol–water partition coefficient (Wildman–Crippen LogP) is 3.48. The molecule has 0 unspecified atom stereocenters. The number of aliphatic hydroxyl groups is 1. The Labute approximate surface area is 147 Å². The van der Waals surface area contributed by atoms with Crippen molar-refractivity contribution in [3.05, 3.63) is 71.0 Å². The van der Waals surface area contributed by atoms with Gasteiger partial charge in [-0.15, -0.1) is 0 Å². The number of nitrogens with zero attached hydrogens (tertiary/aromatic N) is 1. The first kappa shape index (κ1) is 16.3. The second-order valence-electron chi connectivity index (χ2n) is 6.78. The zero-order chi connectivity index (χ0) is 17.2. The number of likely N-dealkylation sites (tertiary alicyclic amines) is 1. The molecule has 1 saturated heterocycles. The van der Waals surface area contributed by atoms with Crippen molar-refractivity contribution in [3.8, 4) is 5.75 Å². The summed E-state index contributed by atoms with van der Waals surface area (Å²) in [4.78, 5) is 2.36. The second-order valence-corrected chi connectivity index (χ2v) is 6.78. The molecule has 0 amide bonds. The number of para-hydroxylation sites is 1. The standard InChI is InChI=1S/C21H22FNO2/c22-17-7-5-15(6-8-17)21-16(13-23-11-9-18(24)10-12-23)14-25-20-4-2-1-3-19(20)21/h1-8,18,24H,9-14H2. The van der Waals surface area contributed by atoms with Crippen molar-refractivity contribution < 1.29 is 14.2 Å². The summed E-state index contributed by atoms with van der Waals surface area (Å²) in [6, 6.07) is 14.7. The molecule has 0 aliphatic carbocycles. The molecule has 2 heterocycles. The van der Waals surface area contributed by atoms with E-state index in [1.54, 1.807) is 0 Å². The van der Waals surface area contributed by atoms with Gasteiger partial charge < -0.3 is 9.84 Å². The van der Waals surface area contributed by atoms with Crippen LogP contribution in [0, 0.1) is 5.82 Å². The van der Waals surface area contributed by atoms with Gasteiger partial charge in [-0.1, -0.05) is 30.3 Å². The molecule has 25 heavy (non-hydrogen) atoms. The van der Waals surface area contributed by atoms with Gasteiger partial charge in [-0.05, 0) is 47.8 Å². The monoisotopic (exact) mass is 339 g/mol. The lowest BCUT2D eigenvalue weighted by atomic mass is 9.90. The largest absolute Gasteiger partial charge is 0.489 e. The van der Waals surface area contributed by atoms with Gasteiger partial charge in [0.25, 0.3) is 0 Å². The van der Waals surface area contributed by atoms with Gasteiger partial charge in [0.2, 0.25) is 0 Å². The molecule has 4 heteroatoms. The van der Waals surface area contributed by atoms with Gasteiger partial charge in [0.1, 0.15) is 18.2 Å². The quantitative estimate of drug-likeness (QED) is 0.929. The minimum absolute atomic E-state index is 0.176. The van der Waals surface area contributed by atoms with Gasteiger partial charge in [-0.2, -0.15) is 0 Å². The van der Waals surface area contributed by atoms with Crippen molar-refractivity contribution in [2.24, 2.45) is 0 Å². The topological polar surface area (TPSA) is 32.7 Å². The van der Waals surface area contributed by atoms with Crippen molar-refractivity contribution in [1.82, 2.24) is 4.90 Å². The van der Waals surface area contributed by atoms with E-state index in [4.69, 9.17) is 4.74 Å². The van der Waals surface area contributed by atoms with Crippen LogP contribution in [-0.2, 0) is 0 Å². The zero-order valence-corrected chi connectivity index (χ0v) is 14.1. The first-order valence-corrected chi connectivity index (χ1v) is 8.81. The van der Waals surface area contributed by atoms with Crippen molar-refractivity contribution in [2.45, 2.75) is 18.9 Å². The van der Waals surface area contributed by atoms with Gasteiger partial charge in [0.05, 0.1) is 6.10 Å². The highest BCUT2D eigenvalue weighted by Gasteiger charge is 2.24. The molecule has 4 rings (SSSR count). The molecule has 2 aromatic rings. The van der Waals surface area contributed by atoms with E-state index >= 15 is 0 Å². The van der Waals surface area contributed by atoms with Crippen LogP contribution < -0.4 is 4.74 Å². The highest BCUT2D eigenvalue weighted by Crippen LogP contribution is 2.37. The van der Waals surface area contributed by atoms with Crippen LogP contribution in [0.5, 0.6) is 5.75 Å². The van der Waals surface area contributed by atoms with Gasteiger partial charge in [-0.3, -0.25) is 4.90 Å². The SMILES string of the molecule is OC1CCN(CC2=C(c3ccc(F)cc3)c3ccccc3OC2)CC1. The summed E-state index contributed by atoms with van der Waals surface area (Å²) in [7, 11) is 0. The van der Waals surface area contributed by atoms with E-state index in [1.807, 2.05) is 30.3 Å². The molecule has 2 aliphatic heterocycles. The number of ether oxygens (including phenoxy) is 1. The molecular weight excluding hydrogens is 317 g/mol. The Balaban J connectivity index is 1.72. The Morgan fingerprint density at radius 3 is 2.52 bits per heavy atom. The van der Waals surface area contributed by atoms with E-state index in [9.17, 15) is 9.50 Å². The Hall–Kier alpha value is -2.17. The average molecular weight is 339 g/mol. The second kappa shape index (κ2) is 6.98. The summed E-state index contributed by atoms with van der Waals surface area (Å²) < 4.78 is 19.3. The number of piperidine rings is 1. The molecule has 0 aromatic heterocycles. The van der Waals surface area contributed by atoms with Crippen LogP contribution in [0.25, 0.3) is 5.57 Å². The normalized spacial score (nSPS) is 18.8. The minimum Gasteiger partial charge on any atom is -0.489 e. The summed E-state index contributed by atoms with van der Waals surface area (Å²) in [5.74, 6) is 0.649. The summed E-state index contributed by atoms with van der Waals surface area (Å²) >= 11 is 0. The van der Waals surface area contributed by atoms with Crippen molar-refractivity contribution >= 4 is 5.57 Å². The lowest BCUT2D eigenvalue weighted by Gasteiger charge is -2.32. The van der Waals surface area contributed by atoms with Crippen molar-refractivity contribution in [3.63, 3.8) is 0 Å². The van der Waals surface area contributed by atoms with Gasteiger partial charge >= 0.3 is 0 Å². The van der Waals surface area contributed by atoms with Crippen LogP contribution in [0.4, 0.5) is 4.39 Å². The van der Waals surface area contributed by atoms with E-state index < -0.39 is 0 Å². The highest BCUT2D eigenvalue weighted by atomic mass is 19.1. The molecular formula is C21H22FNO2. The molecule has 0 atom stereocenters. The predicted molar refractivity (Wildman–Crippen MR) is 96.0 cm³/mol. The summed E-state index contributed by atoms with van der Waals surface area (Å²) in [5.41, 5.74) is 4.44. The molecule has 0 spiro atoms. The first-order valence-electron chi connectivity index (χ1n) is 8.81. The van der Waals surface area contributed by atoms with Crippen LogP contribution in [0.2, 0.25) is 0 Å².